The van der Waals surface area contributed by atoms with Crippen molar-refractivity contribution in [3.63, 3.8) is 0 Å². The highest BCUT2D eigenvalue weighted by molar-refractivity contribution is 9.10. The summed E-state index contributed by atoms with van der Waals surface area (Å²) in [5.74, 6) is 1.18. The standard InChI is InChI=1S/C39H47BrN2O3SSi/c1-7-9-25-46(43)42-28-31-27-35(29(3)44-8-2)41-38(30-17-16-18-32(40)26-30)37(31)36(42)23-24-45-47(39(4,5)6,33-19-12-10-13-20-33)34-21-14-11-15-22-34/h10-22,26-27,36H,3,7-9,23-25,28H2,1-2,4-6H3/t36-,46-/m1/s1. The van der Waals surface area contributed by atoms with Crippen LogP contribution in [-0.2, 0) is 27.1 Å². The number of aromatic nitrogens is 1. The number of pyridine rings is 1. The Bertz CT molecular complexity index is 1610. The summed E-state index contributed by atoms with van der Waals surface area (Å²) in [7, 11) is -2.75. The van der Waals surface area contributed by atoms with E-state index >= 15 is 0 Å². The molecule has 0 saturated carbocycles. The van der Waals surface area contributed by atoms with Gasteiger partial charge < -0.3 is 13.7 Å². The Kier molecular flexibility index (Phi) is 11.9. The number of halogens is 1. The van der Waals surface area contributed by atoms with Crippen molar-refractivity contribution in [2.75, 3.05) is 19.0 Å². The minimum Gasteiger partial charge on any atom is -0.598 e. The molecule has 0 bridgehead atoms. The Hall–Kier alpha value is -2.72. The van der Waals surface area contributed by atoms with Gasteiger partial charge in [0.05, 0.1) is 24.9 Å². The summed E-state index contributed by atoms with van der Waals surface area (Å²) >= 11 is 2.52. The maximum Gasteiger partial charge on any atom is 0.261 e. The van der Waals surface area contributed by atoms with Crippen LogP contribution in [-0.4, -0.2) is 41.1 Å². The van der Waals surface area contributed by atoms with Crippen molar-refractivity contribution in [2.45, 2.75) is 71.5 Å². The lowest BCUT2D eigenvalue weighted by Crippen LogP contribution is -2.66. The van der Waals surface area contributed by atoms with E-state index in [9.17, 15) is 4.55 Å². The summed E-state index contributed by atoms with van der Waals surface area (Å²) in [5, 5.41) is 2.37. The Morgan fingerprint density at radius 1 is 1.00 bits per heavy atom. The van der Waals surface area contributed by atoms with Gasteiger partial charge in [-0.2, -0.15) is 0 Å². The fraction of sp³-hybridized carbons (Fsp3) is 0.359. The van der Waals surface area contributed by atoms with Crippen molar-refractivity contribution in [3.8, 4) is 11.3 Å². The summed E-state index contributed by atoms with van der Waals surface area (Å²) in [5.41, 5.74) is 4.83. The van der Waals surface area contributed by atoms with Crippen LogP contribution in [0.3, 0.4) is 0 Å². The van der Waals surface area contributed by atoms with E-state index in [2.05, 4.69) is 133 Å². The normalized spacial score (nSPS) is 15.8. The number of hydrogen-bond donors (Lipinski definition) is 0. The van der Waals surface area contributed by atoms with Gasteiger partial charge in [0.2, 0.25) is 0 Å². The molecule has 5 rings (SSSR count). The SMILES string of the molecule is C=C(OCC)c1cc2c(c(-c3cccc(Br)c3)n1)[C@@H](CCO[Si](c1ccccc1)(c1ccccc1)C(C)(C)C)N([S@+]([O-])CCCC)C2. The van der Waals surface area contributed by atoms with Crippen LogP contribution in [0.2, 0.25) is 5.04 Å². The van der Waals surface area contributed by atoms with Crippen LogP contribution in [0.15, 0.2) is 102 Å². The number of ether oxygens (including phenoxy) is 1. The predicted molar refractivity (Wildman–Crippen MR) is 202 cm³/mol. The fourth-order valence-corrected chi connectivity index (χ4v) is 13.3. The zero-order chi connectivity index (χ0) is 33.6. The molecule has 0 amide bonds. The molecule has 248 valence electrons. The fourth-order valence-electron chi connectivity index (χ4n) is 6.75. The van der Waals surface area contributed by atoms with Gasteiger partial charge in [-0.15, -0.1) is 4.31 Å². The van der Waals surface area contributed by atoms with Gasteiger partial charge in [-0.1, -0.05) is 129 Å². The molecular weight excluding hydrogens is 684 g/mol. The molecule has 8 heteroatoms. The number of unbranched alkanes of at least 4 members (excludes halogenated alkanes) is 1. The van der Waals surface area contributed by atoms with E-state index in [1.54, 1.807) is 0 Å². The lowest BCUT2D eigenvalue weighted by Gasteiger charge is -2.43. The van der Waals surface area contributed by atoms with Crippen LogP contribution >= 0.6 is 15.9 Å². The van der Waals surface area contributed by atoms with E-state index in [0.717, 1.165) is 39.7 Å². The van der Waals surface area contributed by atoms with Gasteiger partial charge >= 0.3 is 0 Å². The summed E-state index contributed by atoms with van der Waals surface area (Å²) in [6.07, 6.45) is 2.59. The first kappa shape index (κ1) is 35.6. The minimum atomic E-state index is -2.75. The average Bonchev–Trinajstić information content (AvgIpc) is 3.44. The second-order valence-electron chi connectivity index (χ2n) is 13.1. The van der Waals surface area contributed by atoms with Crippen LogP contribution < -0.4 is 10.4 Å². The molecule has 3 aromatic carbocycles. The summed E-state index contributed by atoms with van der Waals surface area (Å²) in [4.78, 5) is 5.17. The van der Waals surface area contributed by atoms with Crippen molar-refractivity contribution in [1.82, 2.24) is 9.29 Å². The van der Waals surface area contributed by atoms with E-state index < -0.39 is 19.7 Å². The van der Waals surface area contributed by atoms with Crippen molar-refractivity contribution < 1.29 is 13.7 Å². The van der Waals surface area contributed by atoms with Gasteiger partial charge in [0.15, 0.2) is 0 Å². The van der Waals surface area contributed by atoms with Crippen LogP contribution in [0.1, 0.15) is 76.7 Å². The molecule has 0 unspecified atom stereocenters. The first-order valence-electron chi connectivity index (χ1n) is 16.6. The van der Waals surface area contributed by atoms with Gasteiger partial charge in [-0.3, -0.25) is 0 Å². The van der Waals surface area contributed by atoms with Gasteiger partial charge in [-0.05, 0) is 58.9 Å². The molecule has 1 aliphatic rings. The van der Waals surface area contributed by atoms with Crippen LogP contribution in [0.4, 0.5) is 0 Å². The smallest absolute Gasteiger partial charge is 0.261 e. The molecule has 1 aliphatic heterocycles. The number of nitrogens with zero attached hydrogens (tertiary/aromatic N) is 2. The summed E-state index contributed by atoms with van der Waals surface area (Å²) in [6.45, 7) is 16.8. The minimum absolute atomic E-state index is 0.128. The Balaban J connectivity index is 1.60. The topological polar surface area (TPSA) is 57.7 Å². The zero-order valence-electron chi connectivity index (χ0n) is 28.3. The van der Waals surface area contributed by atoms with Gasteiger partial charge in [0.25, 0.3) is 8.32 Å². The molecule has 0 fully saturated rings. The van der Waals surface area contributed by atoms with E-state index in [1.165, 1.54) is 10.4 Å². The summed E-state index contributed by atoms with van der Waals surface area (Å²) in [6, 6.07) is 31.7. The third-order valence-electron chi connectivity index (χ3n) is 8.91. The first-order chi connectivity index (χ1) is 22.6. The van der Waals surface area contributed by atoms with E-state index in [1.807, 2.05) is 19.1 Å². The van der Waals surface area contributed by atoms with Gasteiger partial charge in [0, 0.05) is 33.6 Å². The molecule has 2 heterocycles. The molecule has 5 nitrogen and oxygen atoms in total. The quantitative estimate of drug-likeness (QED) is 0.0738. The highest BCUT2D eigenvalue weighted by Crippen LogP contribution is 2.45. The third kappa shape index (κ3) is 7.63. The molecular formula is C39H47BrN2O3SSi. The molecule has 0 spiro atoms. The number of fused-ring (bicyclic) bond motifs is 1. The largest absolute Gasteiger partial charge is 0.598 e. The molecule has 1 aromatic heterocycles. The Morgan fingerprint density at radius 3 is 2.23 bits per heavy atom. The van der Waals surface area contributed by atoms with Gasteiger partial charge in [0.1, 0.15) is 17.2 Å². The highest BCUT2D eigenvalue weighted by Gasteiger charge is 2.50. The molecule has 47 heavy (non-hydrogen) atoms. The molecule has 2 atom stereocenters. The van der Waals surface area contributed by atoms with Crippen molar-refractivity contribution in [1.29, 1.82) is 0 Å². The maximum absolute atomic E-state index is 14.0. The second-order valence-corrected chi connectivity index (χ2v) is 19.8. The third-order valence-corrected chi connectivity index (χ3v) is 16.0. The van der Waals surface area contributed by atoms with Crippen molar-refractivity contribution >= 4 is 51.7 Å². The number of benzene rings is 3. The molecule has 0 radical (unpaired) electrons. The van der Waals surface area contributed by atoms with Crippen molar-refractivity contribution in [2.24, 2.45) is 0 Å². The maximum atomic E-state index is 14.0. The number of hydrogen-bond acceptors (Lipinski definition) is 5. The van der Waals surface area contributed by atoms with Crippen molar-refractivity contribution in [3.05, 3.63) is 119 Å². The van der Waals surface area contributed by atoms with E-state index in [4.69, 9.17) is 14.1 Å². The van der Waals surface area contributed by atoms with Gasteiger partial charge in [-0.25, -0.2) is 4.98 Å². The summed E-state index contributed by atoms with van der Waals surface area (Å²) < 4.78 is 30.3. The Labute approximate surface area is 294 Å². The lowest BCUT2D eigenvalue weighted by atomic mass is 9.96. The van der Waals surface area contributed by atoms with E-state index in [0.29, 0.717) is 43.4 Å². The Morgan fingerprint density at radius 2 is 1.66 bits per heavy atom. The molecule has 4 aromatic rings. The van der Waals surface area contributed by atoms with Crippen LogP contribution in [0, 0.1) is 0 Å². The molecule has 0 aliphatic carbocycles. The zero-order valence-corrected chi connectivity index (χ0v) is 31.7. The highest BCUT2D eigenvalue weighted by atomic mass is 79.9. The molecule has 0 saturated heterocycles. The number of rotatable bonds is 14. The predicted octanol–water partition coefficient (Wildman–Crippen LogP) is 8.81. The first-order valence-corrected chi connectivity index (χ1v) is 20.6. The lowest BCUT2D eigenvalue weighted by molar-refractivity contribution is 0.241. The average molecular weight is 732 g/mol. The van der Waals surface area contributed by atoms with E-state index in [-0.39, 0.29) is 11.1 Å². The van der Waals surface area contributed by atoms with Crippen LogP contribution in [0.25, 0.3) is 17.0 Å². The van der Waals surface area contributed by atoms with Crippen LogP contribution in [0.5, 0.6) is 0 Å². The second kappa shape index (κ2) is 15.7. The molecule has 0 N–H and O–H groups in total. The monoisotopic (exact) mass is 730 g/mol.